The van der Waals surface area contributed by atoms with Crippen LogP contribution in [0.2, 0.25) is 0 Å². The van der Waals surface area contributed by atoms with Crippen LogP contribution in [0.3, 0.4) is 0 Å². The van der Waals surface area contributed by atoms with Gasteiger partial charge in [-0.25, -0.2) is 4.98 Å². The van der Waals surface area contributed by atoms with Crippen molar-refractivity contribution in [1.82, 2.24) is 4.98 Å². The maximum Gasteiger partial charge on any atom is 0.181 e. The lowest BCUT2D eigenvalue weighted by Crippen LogP contribution is -2.26. The van der Waals surface area contributed by atoms with Crippen LogP contribution in [0, 0.1) is 5.41 Å². The number of oxazole rings is 1. The standard InChI is InChI=1S/C13H15NO3/c1-13(2,3)12(16)11(15)8-4-5-9-10(6-8)17-7-14-9/h4-7,11,15H,1-3H3. The number of rotatable bonds is 2. The van der Waals surface area contributed by atoms with Gasteiger partial charge in [0.15, 0.2) is 17.8 Å². The highest BCUT2D eigenvalue weighted by molar-refractivity contribution is 5.89. The van der Waals surface area contributed by atoms with Gasteiger partial charge in [-0.15, -0.1) is 0 Å². The fourth-order valence-corrected chi connectivity index (χ4v) is 1.60. The number of ketones is 1. The lowest BCUT2D eigenvalue weighted by molar-refractivity contribution is -0.135. The highest BCUT2D eigenvalue weighted by atomic mass is 16.3. The van der Waals surface area contributed by atoms with Crippen molar-refractivity contribution >= 4 is 16.9 Å². The molecule has 1 N–H and O–H groups in total. The predicted octanol–water partition coefficient (Wildman–Crippen LogP) is 2.48. The first-order chi connectivity index (χ1) is 7.89. The summed E-state index contributed by atoms with van der Waals surface area (Å²) in [7, 11) is 0. The van der Waals surface area contributed by atoms with Gasteiger partial charge in [0.25, 0.3) is 0 Å². The van der Waals surface area contributed by atoms with Crippen LogP contribution in [0.5, 0.6) is 0 Å². The third kappa shape index (κ3) is 2.22. The number of aliphatic hydroxyl groups is 1. The van der Waals surface area contributed by atoms with Crippen LogP contribution in [0.15, 0.2) is 29.0 Å². The molecule has 0 saturated heterocycles. The molecular formula is C13H15NO3. The first-order valence-electron chi connectivity index (χ1n) is 5.45. The Kier molecular flexibility index (Phi) is 2.75. The number of Topliss-reactive ketones (excluding diaryl/α,β-unsaturated/α-hetero) is 1. The van der Waals surface area contributed by atoms with E-state index in [0.717, 1.165) is 0 Å². The number of aliphatic hydroxyl groups excluding tert-OH is 1. The van der Waals surface area contributed by atoms with E-state index in [9.17, 15) is 9.90 Å². The normalized spacial score (nSPS) is 13.9. The van der Waals surface area contributed by atoms with Gasteiger partial charge in [0.1, 0.15) is 11.6 Å². The second-order valence-electron chi connectivity index (χ2n) is 5.10. The molecule has 2 aromatic rings. The van der Waals surface area contributed by atoms with Gasteiger partial charge in [0.05, 0.1) is 0 Å². The molecule has 1 unspecified atom stereocenters. The monoisotopic (exact) mass is 233 g/mol. The van der Waals surface area contributed by atoms with Gasteiger partial charge in [-0.2, -0.15) is 0 Å². The minimum atomic E-state index is -1.12. The van der Waals surface area contributed by atoms with Crippen LogP contribution in [0.25, 0.3) is 11.1 Å². The molecule has 0 aliphatic carbocycles. The Morgan fingerprint density at radius 3 is 2.76 bits per heavy atom. The summed E-state index contributed by atoms with van der Waals surface area (Å²) in [5.41, 5.74) is 1.25. The summed E-state index contributed by atoms with van der Waals surface area (Å²) in [6, 6.07) is 5.07. The largest absolute Gasteiger partial charge is 0.443 e. The smallest absolute Gasteiger partial charge is 0.181 e. The van der Waals surface area contributed by atoms with E-state index in [-0.39, 0.29) is 5.78 Å². The quantitative estimate of drug-likeness (QED) is 0.865. The molecule has 4 nitrogen and oxygen atoms in total. The average Bonchev–Trinajstić information content (AvgIpc) is 2.72. The second kappa shape index (κ2) is 3.96. The lowest BCUT2D eigenvalue weighted by atomic mass is 9.85. The number of carbonyl (C=O) groups excluding carboxylic acids is 1. The average molecular weight is 233 g/mol. The molecule has 0 aliphatic heterocycles. The Labute approximate surface area is 99.3 Å². The number of fused-ring (bicyclic) bond motifs is 1. The lowest BCUT2D eigenvalue weighted by Gasteiger charge is -2.20. The summed E-state index contributed by atoms with van der Waals surface area (Å²) in [6.45, 7) is 5.35. The topological polar surface area (TPSA) is 63.3 Å². The summed E-state index contributed by atoms with van der Waals surface area (Å²) >= 11 is 0. The Balaban J connectivity index is 2.36. The molecule has 1 aromatic carbocycles. The zero-order chi connectivity index (χ0) is 12.6. The number of aromatic nitrogens is 1. The fraction of sp³-hybridized carbons (Fsp3) is 0.385. The minimum absolute atomic E-state index is 0.212. The van der Waals surface area contributed by atoms with Gasteiger partial charge in [-0.1, -0.05) is 26.8 Å². The summed E-state index contributed by atoms with van der Waals surface area (Å²) in [5.74, 6) is -0.212. The van der Waals surface area contributed by atoms with Crippen molar-refractivity contribution in [1.29, 1.82) is 0 Å². The van der Waals surface area contributed by atoms with Gasteiger partial charge in [-0.05, 0) is 17.7 Å². The number of carbonyl (C=O) groups is 1. The highest BCUT2D eigenvalue weighted by Crippen LogP contribution is 2.27. The third-order valence-corrected chi connectivity index (χ3v) is 2.66. The van der Waals surface area contributed by atoms with Crippen molar-refractivity contribution in [3.63, 3.8) is 0 Å². The number of benzene rings is 1. The van der Waals surface area contributed by atoms with E-state index in [1.807, 2.05) is 0 Å². The van der Waals surface area contributed by atoms with E-state index in [1.165, 1.54) is 6.39 Å². The van der Waals surface area contributed by atoms with Crippen LogP contribution >= 0.6 is 0 Å². The molecule has 1 aromatic heterocycles. The van der Waals surface area contributed by atoms with Crippen LogP contribution in [-0.4, -0.2) is 15.9 Å². The zero-order valence-corrected chi connectivity index (χ0v) is 10.1. The number of hydrogen-bond acceptors (Lipinski definition) is 4. The maximum absolute atomic E-state index is 11.9. The Morgan fingerprint density at radius 1 is 1.41 bits per heavy atom. The molecule has 2 rings (SSSR count). The maximum atomic E-state index is 11.9. The summed E-state index contributed by atoms with van der Waals surface area (Å²) in [5, 5.41) is 10.0. The van der Waals surface area contributed by atoms with Crippen molar-refractivity contribution in [2.75, 3.05) is 0 Å². The molecule has 0 saturated carbocycles. The Hall–Kier alpha value is -1.68. The molecule has 1 heterocycles. The molecule has 4 heteroatoms. The van der Waals surface area contributed by atoms with Crippen LogP contribution in [-0.2, 0) is 4.79 Å². The summed E-state index contributed by atoms with van der Waals surface area (Å²) in [4.78, 5) is 15.9. The second-order valence-corrected chi connectivity index (χ2v) is 5.10. The van der Waals surface area contributed by atoms with E-state index in [0.29, 0.717) is 16.7 Å². The van der Waals surface area contributed by atoms with E-state index in [1.54, 1.807) is 39.0 Å². The predicted molar refractivity (Wildman–Crippen MR) is 63.4 cm³/mol. The third-order valence-electron chi connectivity index (χ3n) is 2.66. The van der Waals surface area contributed by atoms with E-state index < -0.39 is 11.5 Å². The molecule has 0 bridgehead atoms. The molecule has 0 aliphatic rings. The molecule has 1 atom stereocenters. The number of nitrogens with zero attached hydrogens (tertiary/aromatic N) is 1. The van der Waals surface area contributed by atoms with Crippen LogP contribution in [0.1, 0.15) is 32.4 Å². The summed E-state index contributed by atoms with van der Waals surface area (Å²) < 4.78 is 5.14. The zero-order valence-electron chi connectivity index (χ0n) is 10.1. The van der Waals surface area contributed by atoms with Crippen molar-refractivity contribution < 1.29 is 14.3 Å². The highest BCUT2D eigenvalue weighted by Gasteiger charge is 2.29. The molecule has 90 valence electrons. The Bertz CT molecular complexity index is 551. The first-order valence-corrected chi connectivity index (χ1v) is 5.45. The molecule has 17 heavy (non-hydrogen) atoms. The van der Waals surface area contributed by atoms with Crippen LogP contribution in [0.4, 0.5) is 0 Å². The fourth-order valence-electron chi connectivity index (χ4n) is 1.60. The molecule has 0 amide bonds. The van der Waals surface area contributed by atoms with E-state index in [4.69, 9.17) is 4.42 Å². The van der Waals surface area contributed by atoms with Gasteiger partial charge >= 0.3 is 0 Å². The van der Waals surface area contributed by atoms with Gasteiger partial charge in [-0.3, -0.25) is 4.79 Å². The van der Waals surface area contributed by atoms with Crippen LogP contribution < -0.4 is 0 Å². The molecular weight excluding hydrogens is 218 g/mol. The molecule has 0 fully saturated rings. The Morgan fingerprint density at radius 2 is 2.12 bits per heavy atom. The minimum Gasteiger partial charge on any atom is -0.443 e. The number of hydrogen-bond donors (Lipinski definition) is 1. The van der Waals surface area contributed by atoms with Gasteiger partial charge in [0.2, 0.25) is 0 Å². The van der Waals surface area contributed by atoms with E-state index >= 15 is 0 Å². The van der Waals surface area contributed by atoms with Crippen molar-refractivity contribution in [2.24, 2.45) is 5.41 Å². The summed E-state index contributed by atoms with van der Waals surface area (Å²) in [6.07, 6.45) is 0.219. The van der Waals surface area contributed by atoms with Gasteiger partial charge < -0.3 is 9.52 Å². The van der Waals surface area contributed by atoms with E-state index in [2.05, 4.69) is 4.98 Å². The SMILES string of the molecule is CC(C)(C)C(=O)C(O)c1ccc2ncoc2c1. The van der Waals surface area contributed by atoms with Crippen molar-refractivity contribution in [2.45, 2.75) is 26.9 Å². The van der Waals surface area contributed by atoms with Crippen molar-refractivity contribution in [3.8, 4) is 0 Å². The molecule has 0 spiro atoms. The first kappa shape index (κ1) is 11.8. The van der Waals surface area contributed by atoms with Gasteiger partial charge in [0, 0.05) is 5.41 Å². The van der Waals surface area contributed by atoms with Crippen molar-refractivity contribution in [3.05, 3.63) is 30.2 Å². The molecule has 0 radical (unpaired) electrons.